The lowest BCUT2D eigenvalue weighted by molar-refractivity contribution is -0.140. The SMILES string of the molecule is CC(C)(NC(=O)N[C@@H](CO)C(=O)O)c1nccs1. The molecule has 2 amide bonds. The molecule has 0 unspecified atom stereocenters. The van der Waals surface area contributed by atoms with Gasteiger partial charge in [-0.05, 0) is 13.8 Å². The second-order valence-electron chi connectivity index (χ2n) is 4.13. The number of nitrogens with one attached hydrogen (secondary N) is 2. The molecule has 1 aromatic rings. The summed E-state index contributed by atoms with van der Waals surface area (Å²) in [4.78, 5) is 26.3. The van der Waals surface area contributed by atoms with Crippen LogP contribution < -0.4 is 10.6 Å². The molecule has 0 radical (unpaired) electrons. The molecule has 100 valence electrons. The van der Waals surface area contributed by atoms with E-state index in [1.807, 2.05) is 0 Å². The van der Waals surface area contributed by atoms with Crippen LogP contribution in [0, 0.1) is 0 Å². The number of thiazole rings is 1. The van der Waals surface area contributed by atoms with E-state index in [9.17, 15) is 9.59 Å². The molecule has 1 heterocycles. The number of carbonyl (C=O) groups is 2. The Morgan fingerprint density at radius 1 is 1.56 bits per heavy atom. The molecule has 0 spiro atoms. The van der Waals surface area contributed by atoms with Crippen molar-refractivity contribution in [1.29, 1.82) is 0 Å². The van der Waals surface area contributed by atoms with Gasteiger partial charge in [0.2, 0.25) is 0 Å². The molecule has 0 saturated carbocycles. The van der Waals surface area contributed by atoms with Gasteiger partial charge in [-0.25, -0.2) is 14.6 Å². The molecular formula is C10H15N3O4S. The van der Waals surface area contributed by atoms with Crippen LogP contribution in [0.3, 0.4) is 0 Å². The Labute approximate surface area is 108 Å². The summed E-state index contributed by atoms with van der Waals surface area (Å²) < 4.78 is 0. The highest BCUT2D eigenvalue weighted by molar-refractivity contribution is 7.09. The van der Waals surface area contributed by atoms with Crippen molar-refractivity contribution in [3.05, 3.63) is 16.6 Å². The number of carbonyl (C=O) groups excluding carboxylic acids is 1. The van der Waals surface area contributed by atoms with Crippen molar-refractivity contribution in [2.75, 3.05) is 6.61 Å². The van der Waals surface area contributed by atoms with Crippen LogP contribution in [0.4, 0.5) is 4.79 Å². The number of hydrogen-bond donors (Lipinski definition) is 4. The number of rotatable bonds is 5. The number of aliphatic hydroxyl groups is 1. The summed E-state index contributed by atoms with van der Waals surface area (Å²) in [6.45, 7) is 2.83. The van der Waals surface area contributed by atoms with Gasteiger partial charge in [0.05, 0.1) is 12.1 Å². The van der Waals surface area contributed by atoms with E-state index in [4.69, 9.17) is 10.2 Å². The number of carboxylic acids is 1. The van der Waals surface area contributed by atoms with Gasteiger partial charge in [-0.2, -0.15) is 0 Å². The lowest BCUT2D eigenvalue weighted by atomic mass is 10.1. The van der Waals surface area contributed by atoms with E-state index in [1.54, 1.807) is 25.4 Å². The van der Waals surface area contributed by atoms with Crippen LogP contribution in [0.25, 0.3) is 0 Å². The van der Waals surface area contributed by atoms with Gasteiger partial charge in [0.1, 0.15) is 5.01 Å². The third kappa shape index (κ3) is 3.67. The maximum Gasteiger partial charge on any atom is 0.328 e. The molecule has 0 saturated heterocycles. The maximum atomic E-state index is 11.6. The number of aliphatic hydroxyl groups excluding tert-OH is 1. The lowest BCUT2D eigenvalue weighted by Crippen LogP contribution is -2.52. The summed E-state index contributed by atoms with van der Waals surface area (Å²) in [5.41, 5.74) is -0.712. The van der Waals surface area contributed by atoms with Crippen molar-refractivity contribution in [2.45, 2.75) is 25.4 Å². The fourth-order valence-electron chi connectivity index (χ4n) is 1.25. The van der Waals surface area contributed by atoms with Crippen LogP contribution in [0.5, 0.6) is 0 Å². The van der Waals surface area contributed by atoms with Gasteiger partial charge in [-0.3, -0.25) is 0 Å². The zero-order valence-electron chi connectivity index (χ0n) is 10.0. The molecule has 1 rings (SSSR count). The zero-order chi connectivity index (χ0) is 13.8. The van der Waals surface area contributed by atoms with Crippen molar-refractivity contribution in [2.24, 2.45) is 0 Å². The predicted molar refractivity (Wildman–Crippen MR) is 65.3 cm³/mol. The van der Waals surface area contributed by atoms with Crippen LogP contribution in [-0.4, -0.2) is 39.8 Å². The molecule has 4 N–H and O–H groups in total. The van der Waals surface area contributed by atoms with Crippen molar-refractivity contribution >= 4 is 23.3 Å². The summed E-state index contributed by atoms with van der Waals surface area (Å²) in [5, 5.41) is 24.7. The minimum absolute atomic E-state index is 0.666. The molecule has 1 aromatic heterocycles. The summed E-state index contributed by atoms with van der Waals surface area (Å²) in [6, 6.07) is -1.99. The second-order valence-corrected chi connectivity index (χ2v) is 5.03. The Balaban J connectivity index is 2.62. The highest BCUT2D eigenvalue weighted by atomic mass is 32.1. The van der Waals surface area contributed by atoms with E-state index in [2.05, 4.69) is 15.6 Å². The second kappa shape index (κ2) is 5.78. The fraction of sp³-hybridized carbons (Fsp3) is 0.500. The van der Waals surface area contributed by atoms with E-state index < -0.39 is 30.2 Å². The monoisotopic (exact) mass is 273 g/mol. The number of hydrogen-bond acceptors (Lipinski definition) is 5. The quantitative estimate of drug-likeness (QED) is 0.609. The van der Waals surface area contributed by atoms with Crippen LogP contribution in [0.15, 0.2) is 11.6 Å². The van der Waals surface area contributed by atoms with E-state index in [0.717, 1.165) is 0 Å². The number of amides is 2. The maximum absolute atomic E-state index is 11.6. The normalized spacial score (nSPS) is 12.8. The van der Waals surface area contributed by atoms with E-state index in [-0.39, 0.29) is 0 Å². The predicted octanol–water partition coefficient (Wildman–Crippen LogP) is 0.123. The summed E-state index contributed by atoms with van der Waals surface area (Å²) in [7, 11) is 0. The van der Waals surface area contributed by atoms with Gasteiger partial charge in [0.25, 0.3) is 0 Å². The van der Waals surface area contributed by atoms with Gasteiger partial charge in [0.15, 0.2) is 6.04 Å². The number of nitrogens with zero attached hydrogens (tertiary/aromatic N) is 1. The third-order valence-electron chi connectivity index (χ3n) is 2.18. The van der Waals surface area contributed by atoms with Gasteiger partial charge in [0, 0.05) is 11.6 Å². The molecule has 8 heteroatoms. The van der Waals surface area contributed by atoms with Crippen molar-refractivity contribution in [3.63, 3.8) is 0 Å². The fourth-order valence-corrected chi connectivity index (χ4v) is 1.97. The summed E-state index contributed by atoms with van der Waals surface area (Å²) in [5.74, 6) is -1.29. The highest BCUT2D eigenvalue weighted by Gasteiger charge is 2.27. The number of aliphatic carboxylic acids is 1. The van der Waals surface area contributed by atoms with E-state index in [0.29, 0.717) is 5.01 Å². The number of carboxylic acid groups (broad SMARTS) is 1. The van der Waals surface area contributed by atoms with Crippen LogP contribution in [0.2, 0.25) is 0 Å². The minimum atomic E-state index is -1.32. The standard InChI is InChI=1S/C10H15N3O4S/c1-10(2,8-11-3-4-18-8)13-9(17)12-6(5-14)7(15)16/h3-4,6,14H,5H2,1-2H3,(H,15,16)(H2,12,13,17)/t6-/m0/s1. The molecule has 0 aliphatic carbocycles. The first kappa shape index (κ1) is 14.4. The molecule has 0 fully saturated rings. The number of urea groups is 1. The number of aromatic nitrogens is 1. The average molecular weight is 273 g/mol. The Kier molecular flexibility index (Phi) is 4.62. The van der Waals surface area contributed by atoms with Gasteiger partial charge >= 0.3 is 12.0 Å². The molecule has 7 nitrogen and oxygen atoms in total. The van der Waals surface area contributed by atoms with Crippen LogP contribution in [0.1, 0.15) is 18.9 Å². The summed E-state index contributed by atoms with van der Waals surface area (Å²) in [6.07, 6.45) is 1.62. The van der Waals surface area contributed by atoms with Crippen molar-refractivity contribution < 1.29 is 19.8 Å². The molecular weight excluding hydrogens is 258 g/mol. The van der Waals surface area contributed by atoms with Crippen LogP contribution >= 0.6 is 11.3 Å². The molecule has 1 atom stereocenters. The molecule has 18 heavy (non-hydrogen) atoms. The van der Waals surface area contributed by atoms with Gasteiger partial charge in [-0.15, -0.1) is 11.3 Å². The Morgan fingerprint density at radius 2 is 2.22 bits per heavy atom. The largest absolute Gasteiger partial charge is 0.480 e. The first-order valence-corrected chi connectivity index (χ1v) is 6.07. The first-order chi connectivity index (χ1) is 8.36. The van der Waals surface area contributed by atoms with Gasteiger partial charge in [-0.1, -0.05) is 0 Å². The average Bonchev–Trinajstić information content (AvgIpc) is 2.78. The smallest absolute Gasteiger partial charge is 0.328 e. The molecule has 0 aliphatic rings. The Hall–Kier alpha value is -1.67. The van der Waals surface area contributed by atoms with Gasteiger partial charge < -0.3 is 20.8 Å². The summed E-state index contributed by atoms with van der Waals surface area (Å²) >= 11 is 1.38. The van der Waals surface area contributed by atoms with Crippen LogP contribution in [-0.2, 0) is 10.3 Å². The molecule has 0 aromatic carbocycles. The Morgan fingerprint density at radius 3 is 2.67 bits per heavy atom. The first-order valence-electron chi connectivity index (χ1n) is 5.19. The molecule has 0 bridgehead atoms. The van der Waals surface area contributed by atoms with Crippen molar-refractivity contribution in [1.82, 2.24) is 15.6 Å². The van der Waals surface area contributed by atoms with E-state index in [1.165, 1.54) is 11.3 Å². The Bertz CT molecular complexity index is 419. The zero-order valence-corrected chi connectivity index (χ0v) is 10.8. The van der Waals surface area contributed by atoms with E-state index >= 15 is 0 Å². The van der Waals surface area contributed by atoms with Crippen molar-refractivity contribution in [3.8, 4) is 0 Å². The molecule has 0 aliphatic heterocycles. The lowest BCUT2D eigenvalue weighted by Gasteiger charge is -2.24. The third-order valence-corrected chi connectivity index (χ3v) is 3.28. The highest BCUT2D eigenvalue weighted by Crippen LogP contribution is 2.21. The topological polar surface area (TPSA) is 112 Å². The minimum Gasteiger partial charge on any atom is -0.480 e.